The van der Waals surface area contributed by atoms with Crippen LogP contribution in [0.3, 0.4) is 0 Å². The van der Waals surface area contributed by atoms with Gasteiger partial charge in [0, 0.05) is 16.9 Å². The number of carboxylic acids is 1. The van der Waals surface area contributed by atoms with Crippen molar-refractivity contribution >= 4 is 17.7 Å². The first-order valence-electron chi connectivity index (χ1n) is 9.65. The molecule has 6 heteroatoms. The zero-order valence-corrected chi connectivity index (χ0v) is 20.3. The van der Waals surface area contributed by atoms with E-state index in [0.29, 0.717) is 16.3 Å². The Labute approximate surface area is 213 Å². The third-order valence-electron chi connectivity index (χ3n) is 4.82. The number of rotatable bonds is 6. The van der Waals surface area contributed by atoms with E-state index in [2.05, 4.69) is 6.07 Å². The second kappa shape index (κ2) is 11.1. The summed E-state index contributed by atoms with van der Waals surface area (Å²) in [5, 5.41) is 21.5. The van der Waals surface area contributed by atoms with Crippen LogP contribution in [0.5, 0.6) is 0 Å². The van der Waals surface area contributed by atoms with Crippen molar-refractivity contribution in [2.45, 2.75) is 10.8 Å². The minimum absolute atomic E-state index is 0. The Morgan fingerprint density at radius 1 is 0.906 bits per heavy atom. The van der Waals surface area contributed by atoms with E-state index < -0.39 is 5.97 Å². The number of carboxylic acid groups (broad SMARTS) is 1. The van der Waals surface area contributed by atoms with E-state index in [1.165, 1.54) is 23.9 Å². The first-order chi connectivity index (χ1) is 15.2. The van der Waals surface area contributed by atoms with Crippen LogP contribution < -0.4 is 34.7 Å². The van der Waals surface area contributed by atoms with Crippen LogP contribution in [-0.4, -0.2) is 11.0 Å². The Morgan fingerprint density at radius 3 is 2.06 bits per heavy atom. The summed E-state index contributed by atoms with van der Waals surface area (Å²) in [7, 11) is 0. The molecule has 0 amide bonds. The van der Waals surface area contributed by atoms with E-state index in [1.807, 2.05) is 66.7 Å². The number of hydrogen-bond donors (Lipinski definition) is 0. The zero-order valence-electron chi connectivity index (χ0n) is 17.5. The number of pyridine rings is 1. The van der Waals surface area contributed by atoms with Gasteiger partial charge in [0.25, 0.3) is 0 Å². The van der Waals surface area contributed by atoms with Gasteiger partial charge in [0.05, 0.1) is 17.2 Å². The molecule has 1 heterocycles. The number of nitrogens with zero attached hydrogens (tertiary/aromatic N) is 2. The van der Waals surface area contributed by atoms with Gasteiger partial charge in [-0.1, -0.05) is 84.9 Å². The minimum atomic E-state index is -1.20. The molecule has 0 bridgehead atoms. The van der Waals surface area contributed by atoms with Crippen molar-refractivity contribution in [1.82, 2.24) is 4.98 Å². The molecule has 0 fully saturated rings. The van der Waals surface area contributed by atoms with E-state index in [1.54, 1.807) is 12.1 Å². The normalized spacial score (nSPS) is 10.1. The number of hydrogen-bond acceptors (Lipinski definition) is 5. The number of nitriles is 1. The van der Waals surface area contributed by atoms with Crippen LogP contribution in [0.1, 0.15) is 21.5 Å². The Balaban J connectivity index is 0.00000289. The molecule has 0 saturated carbocycles. The number of thioether (sulfide) groups is 1. The van der Waals surface area contributed by atoms with Crippen LogP contribution >= 0.6 is 11.8 Å². The topological polar surface area (TPSA) is 76.8 Å². The van der Waals surface area contributed by atoms with Crippen molar-refractivity contribution in [1.29, 1.82) is 5.26 Å². The number of aromatic nitrogens is 1. The van der Waals surface area contributed by atoms with Crippen molar-refractivity contribution in [3.63, 3.8) is 0 Å². The molecule has 0 atom stereocenters. The standard InChI is InChI=1S/C26H18N2O2S.Na/c27-16-23-22(19-7-3-1-4-8-19)15-24(20-9-5-2-6-10-20)28-25(23)31-17-18-11-13-21(14-12-18)26(29)30;/h1-15H,17H2,(H,29,30);/q;+1/p-1. The summed E-state index contributed by atoms with van der Waals surface area (Å²) in [6, 6.07) is 30.5. The number of carbonyl (C=O) groups is 1. The maximum Gasteiger partial charge on any atom is 1.00 e. The predicted octanol–water partition coefficient (Wildman–Crippen LogP) is 1.95. The van der Waals surface area contributed by atoms with E-state index in [0.717, 1.165) is 27.9 Å². The molecule has 0 aliphatic rings. The Hall–Kier alpha value is -2.88. The number of benzene rings is 3. The van der Waals surface area contributed by atoms with Crippen molar-refractivity contribution in [3.8, 4) is 28.5 Å². The molecular weight excluding hydrogens is 427 g/mol. The average Bonchev–Trinajstić information content (AvgIpc) is 2.83. The summed E-state index contributed by atoms with van der Waals surface area (Å²) < 4.78 is 0. The van der Waals surface area contributed by atoms with Gasteiger partial charge in [-0.05, 0) is 22.8 Å². The first-order valence-corrected chi connectivity index (χ1v) is 10.6. The second-order valence-corrected chi connectivity index (χ2v) is 7.82. The summed E-state index contributed by atoms with van der Waals surface area (Å²) in [5.41, 5.74) is 5.18. The van der Waals surface area contributed by atoms with Crippen molar-refractivity contribution in [3.05, 3.63) is 108 Å². The molecule has 150 valence electrons. The Morgan fingerprint density at radius 2 is 1.50 bits per heavy atom. The van der Waals surface area contributed by atoms with Gasteiger partial charge < -0.3 is 9.90 Å². The molecule has 0 aliphatic carbocycles. The first kappa shape index (κ1) is 23.8. The maximum absolute atomic E-state index is 11.0. The van der Waals surface area contributed by atoms with Gasteiger partial charge in [0.15, 0.2) is 0 Å². The molecule has 0 aliphatic heterocycles. The van der Waals surface area contributed by atoms with Gasteiger partial charge >= 0.3 is 29.6 Å². The summed E-state index contributed by atoms with van der Waals surface area (Å²) >= 11 is 1.46. The zero-order chi connectivity index (χ0) is 21.6. The van der Waals surface area contributed by atoms with Crippen LogP contribution in [0.25, 0.3) is 22.4 Å². The van der Waals surface area contributed by atoms with Gasteiger partial charge in [-0.3, -0.25) is 0 Å². The van der Waals surface area contributed by atoms with Gasteiger partial charge in [0.2, 0.25) is 0 Å². The van der Waals surface area contributed by atoms with Crippen LogP contribution in [0.4, 0.5) is 0 Å². The van der Waals surface area contributed by atoms with E-state index in [9.17, 15) is 15.2 Å². The van der Waals surface area contributed by atoms with E-state index >= 15 is 0 Å². The molecule has 0 saturated heterocycles. The summed E-state index contributed by atoms with van der Waals surface area (Å²) in [5.74, 6) is -0.641. The minimum Gasteiger partial charge on any atom is -0.545 e. The SMILES string of the molecule is N#Cc1c(-c2ccccc2)cc(-c2ccccc2)nc1SCc1ccc(C(=O)[O-])cc1.[Na+]. The van der Waals surface area contributed by atoms with Gasteiger partial charge in [0.1, 0.15) is 11.1 Å². The summed E-state index contributed by atoms with van der Waals surface area (Å²) in [6.45, 7) is 0. The fourth-order valence-corrected chi connectivity index (χ4v) is 4.18. The molecule has 4 nitrogen and oxygen atoms in total. The largest absolute Gasteiger partial charge is 1.00 e. The average molecular weight is 444 g/mol. The monoisotopic (exact) mass is 444 g/mol. The van der Waals surface area contributed by atoms with Crippen molar-refractivity contribution < 1.29 is 39.5 Å². The second-order valence-electron chi connectivity index (χ2n) is 6.85. The summed E-state index contributed by atoms with van der Waals surface area (Å²) in [6.07, 6.45) is 0. The molecule has 3 aromatic carbocycles. The fourth-order valence-electron chi connectivity index (χ4n) is 3.23. The van der Waals surface area contributed by atoms with Crippen LogP contribution in [-0.2, 0) is 5.75 Å². The molecule has 0 N–H and O–H groups in total. The smallest absolute Gasteiger partial charge is 0.545 e. The summed E-state index contributed by atoms with van der Waals surface area (Å²) in [4.78, 5) is 15.8. The molecule has 0 spiro atoms. The number of carbonyl (C=O) groups excluding carboxylic acids is 1. The van der Waals surface area contributed by atoms with Crippen molar-refractivity contribution in [2.24, 2.45) is 0 Å². The molecule has 4 aromatic rings. The van der Waals surface area contributed by atoms with Gasteiger partial charge in [-0.15, -0.1) is 11.8 Å². The van der Waals surface area contributed by atoms with Crippen LogP contribution in [0, 0.1) is 11.3 Å². The Kier molecular flexibility index (Phi) is 8.26. The third kappa shape index (κ3) is 5.48. The van der Waals surface area contributed by atoms with Crippen molar-refractivity contribution in [2.75, 3.05) is 0 Å². The fraction of sp³-hybridized carbons (Fsp3) is 0.0385. The van der Waals surface area contributed by atoms with Crippen LogP contribution in [0.15, 0.2) is 96.0 Å². The quantitative estimate of drug-likeness (QED) is 0.336. The molecule has 32 heavy (non-hydrogen) atoms. The van der Waals surface area contributed by atoms with Crippen LogP contribution in [0.2, 0.25) is 0 Å². The Bertz CT molecular complexity index is 1260. The molecule has 1 aromatic heterocycles. The van der Waals surface area contributed by atoms with Gasteiger partial charge in [-0.25, -0.2) is 4.98 Å². The van der Waals surface area contributed by atoms with E-state index in [-0.39, 0.29) is 35.1 Å². The third-order valence-corrected chi connectivity index (χ3v) is 5.86. The molecule has 4 rings (SSSR count). The van der Waals surface area contributed by atoms with Gasteiger partial charge in [-0.2, -0.15) is 5.26 Å². The maximum atomic E-state index is 11.0. The molecular formula is C26H17N2NaO2S. The predicted molar refractivity (Wildman–Crippen MR) is 120 cm³/mol. The number of aromatic carboxylic acids is 1. The van der Waals surface area contributed by atoms with E-state index in [4.69, 9.17) is 4.98 Å². The molecule has 0 radical (unpaired) electrons. The molecule has 0 unspecified atom stereocenters.